The number of aromatic hydroxyl groups is 1. The maximum Gasteiger partial charge on any atom is 0.320 e. The first-order chi connectivity index (χ1) is 13.7. The topological polar surface area (TPSA) is 102 Å². The Morgan fingerprint density at radius 3 is 2.79 bits per heavy atom. The van der Waals surface area contributed by atoms with Crippen LogP contribution in [0.5, 0.6) is 11.5 Å². The zero-order valence-electron chi connectivity index (χ0n) is 17.2. The minimum Gasteiger partial charge on any atom is -0.504 e. The molecule has 1 aromatic rings. The average Bonchev–Trinajstić information content (AvgIpc) is 3.01. The summed E-state index contributed by atoms with van der Waals surface area (Å²) in [7, 11) is 2.07. The predicted octanol–water partition coefficient (Wildman–Crippen LogP) is 1.24. The SMILES string of the molecule is CC(C)[C@H](N[C@H]1CC[C@@]2(O)[C@H]3Cc4ccc(O)c5c4[C@@]2(CCN3C)[C@H]1O5)C(=O)O. The highest BCUT2D eigenvalue weighted by atomic mass is 16.5. The van der Waals surface area contributed by atoms with E-state index in [4.69, 9.17) is 4.74 Å². The molecule has 4 N–H and O–H groups in total. The van der Waals surface area contributed by atoms with Gasteiger partial charge in [-0.3, -0.25) is 10.1 Å². The van der Waals surface area contributed by atoms with Crippen molar-refractivity contribution >= 4 is 5.97 Å². The molecule has 1 saturated carbocycles. The molecule has 0 amide bonds. The van der Waals surface area contributed by atoms with Gasteiger partial charge in [-0.25, -0.2) is 0 Å². The standard InChI is InChI=1S/C22H30N2O5/c1-11(2)17(20(26)27)23-13-6-7-22(28)15-10-12-4-5-14(25)18-16(12)21(22,19(13)29-18)8-9-24(15)3/h4-5,11,13,15,17,19,23,25,28H,6-10H2,1-3H3,(H,26,27)/t13-,15+,17-,19-,21-,22+/m0/s1. The number of carbonyl (C=O) groups is 1. The Hall–Kier alpha value is -1.83. The third-order valence-corrected chi connectivity index (χ3v) is 8.06. The largest absolute Gasteiger partial charge is 0.504 e. The molecule has 158 valence electrons. The van der Waals surface area contributed by atoms with Crippen molar-refractivity contribution in [2.45, 2.75) is 74.8 Å². The van der Waals surface area contributed by atoms with E-state index in [0.29, 0.717) is 18.6 Å². The van der Waals surface area contributed by atoms with Gasteiger partial charge in [-0.1, -0.05) is 19.9 Å². The van der Waals surface area contributed by atoms with E-state index >= 15 is 0 Å². The number of hydrogen-bond acceptors (Lipinski definition) is 6. The van der Waals surface area contributed by atoms with Crippen LogP contribution in [0, 0.1) is 5.92 Å². The summed E-state index contributed by atoms with van der Waals surface area (Å²) in [6, 6.07) is 2.73. The van der Waals surface area contributed by atoms with Crippen LogP contribution >= 0.6 is 0 Å². The molecule has 29 heavy (non-hydrogen) atoms. The Balaban J connectivity index is 1.64. The lowest BCUT2D eigenvalue weighted by Gasteiger charge is -2.63. The first-order valence-electron chi connectivity index (χ1n) is 10.6. The van der Waals surface area contributed by atoms with Gasteiger partial charge < -0.3 is 25.0 Å². The molecule has 2 fully saturated rings. The minimum atomic E-state index is -0.953. The zero-order valence-corrected chi connectivity index (χ0v) is 17.2. The van der Waals surface area contributed by atoms with Gasteiger partial charge in [0.25, 0.3) is 0 Å². The van der Waals surface area contributed by atoms with Crippen LogP contribution in [0.2, 0.25) is 0 Å². The minimum absolute atomic E-state index is 0.00772. The molecule has 0 radical (unpaired) electrons. The van der Waals surface area contributed by atoms with Crippen LogP contribution in [0.25, 0.3) is 0 Å². The number of aliphatic hydroxyl groups is 1. The molecular formula is C22H30N2O5. The number of nitrogens with one attached hydrogen (secondary N) is 1. The van der Waals surface area contributed by atoms with Crippen molar-refractivity contribution < 1.29 is 24.9 Å². The van der Waals surface area contributed by atoms with Gasteiger partial charge in [0.1, 0.15) is 12.1 Å². The number of phenolic OH excluding ortho intramolecular Hbond substituents is 1. The van der Waals surface area contributed by atoms with Gasteiger partial charge in [-0.05, 0) is 56.8 Å². The molecule has 1 saturated heterocycles. The predicted molar refractivity (Wildman–Crippen MR) is 106 cm³/mol. The highest BCUT2D eigenvalue weighted by molar-refractivity contribution is 5.74. The molecular weight excluding hydrogens is 372 g/mol. The number of rotatable bonds is 4. The van der Waals surface area contributed by atoms with Crippen LogP contribution < -0.4 is 10.1 Å². The summed E-state index contributed by atoms with van der Waals surface area (Å²) in [5, 5.41) is 35.7. The summed E-state index contributed by atoms with van der Waals surface area (Å²) in [4.78, 5) is 14.1. The summed E-state index contributed by atoms with van der Waals surface area (Å²) >= 11 is 0. The van der Waals surface area contributed by atoms with Crippen molar-refractivity contribution in [2.24, 2.45) is 5.92 Å². The smallest absolute Gasteiger partial charge is 0.320 e. The monoisotopic (exact) mass is 402 g/mol. The molecule has 7 heteroatoms. The third kappa shape index (κ3) is 2.26. The quantitative estimate of drug-likeness (QED) is 0.601. The fourth-order valence-corrected chi connectivity index (χ4v) is 6.70. The van der Waals surface area contributed by atoms with Crippen LogP contribution in [0.3, 0.4) is 0 Å². The van der Waals surface area contributed by atoms with Crippen LogP contribution in [-0.2, 0) is 16.6 Å². The summed E-state index contributed by atoms with van der Waals surface area (Å²) in [6.45, 7) is 4.62. The second-order valence-electron chi connectivity index (χ2n) is 9.70. The summed E-state index contributed by atoms with van der Waals surface area (Å²) in [6.07, 6.45) is 2.27. The number of piperidine rings is 1. The molecule has 2 heterocycles. The van der Waals surface area contributed by atoms with Crippen molar-refractivity contribution in [2.75, 3.05) is 13.6 Å². The van der Waals surface area contributed by atoms with Crippen molar-refractivity contribution in [1.29, 1.82) is 0 Å². The Bertz CT molecular complexity index is 873. The molecule has 4 aliphatic rings. The number of likely N-dealkylation sites (tertiary alicyclic amines) is 1. The molecule has 0 unspecified atom stereocenters. The van der Waals surface area contributed by atoms with Gasteiger partial charge >= 0.3 is 5.97 Å². The second kappa shape index (κ2) is 6.09. The fraction of sp³-hybridized carbons (Fsp3) is 0.682. The van der Waals surface area contributed by atoms with Crippen molar-refractivity contribution in [3.8, 4) is 11.5 Å². The first-order valence-corrected chi connectivity index (χ1v) is 10.6. The maximum atomic E-state index is 12.1. The third-order valence-electron chi connectivity index (χ3n) is 8.06. The number of benzene rings is 1. The van der Waals surface area contributed by atoms with E-state index in [-0.39, 0.29) is 23.8 Å². The van der Waals surface area contributed by atoms with E-state index in [1.807, 2.05) is 19.9 Å². The van der Waals surface area contributed by atoms with Crippen LogP contribution in [0.1, 0.15) is 44.2 Å². The van der Waals surface area contributed by atoms with Gasteiger partial charge in [0.05, 0.1) is 11.0 Å². The number of aliphatic carboxylic acids is 1. The van der Waals surface area contributed by atoms with E-state index in [1.54, 1.807) is 6.07 Å². The fourth-order valence-electron chi connectivity index (χ4n) is 6.70. The van der Waals surface area contributed by atoms with Gasteiger partial charge in [0, 0.05) is 17.6 Å². The molecule has 2 bridgehead atoms. The molecule has 5 rings (SSSR count). The molecule has 1 spiro atoms. The first kappa shape index (κ1) is 19.2. The number of carboxylic acids is 1. The van der Waals surface area contributed by atoms with E-state index in [1.165, 1.54) is 0 Å². The molecule has 0 aromatic heterocycles. The average molecular weight is 402 g/mol. The van der Waals surface area contributed by atoms with Gasteiger partial charge in [0.15, 0.2) is 11.5 Å². The molecule has 1 aromatic carbocycles. The van der Waals surface area contributed by atoms with Crippen molar-refractivity contribution in [3.63, 3.8) is 0 Å². The number of nitrogens with zero attached hydrogens (tertiary/aromatic N) is 1. The Kier molecular flexibility index (Phi) is 4.02. The van der Waals surface area contributed by atoms with Crippen LogP contribution in [-0.4, -0.2) is 69.6 Å². The van der Waals surface area contributed by atoms with Gasteiger partial charge in [0.2, 0.25) is 0 Å². The lowest BCUT2D eigenvalue weighted by Crippen LogP contribution is -2.78. The Morgan fingerprint density at radius 2 is 2.10 bits per heavy atom. The molecule has 7 nitrogen and oxygen atoms in total. The molecule has 2 aliphatic carbocycles. The Labute approximate surface area is 170 Å². The van der Waals surface area contributed by atoms with Crippen LogP contribution in [0.15, 0.2) is 12.1 Å². The maximum absolute atomic E-state index is 12.1. The normalized spacial score (nSPS) is 38.4. The zero-order chi connectivity index (χ0) is 20.7. The highest BCUT2D eigenvalue weighted by Crippen LogP contribution is 2.65. The summed E-state index contributed by atoms with van der Waals surface area (Å²) < 4.78 is 6.40. The van der Waals surface area contributed by atoms with Crippen LogP contribution in [0.4, 0.5) is 0 Å². The van der Waals surface area contributed by atoms with Crippen molar-refractivity contribution in [3.05, 3.63) is 23.3 Å². The lowest BCUT2D eigenvalue weighted by molar-refractivity contribution is -0.188. The number of phenols is 1. The van der Waals surface area contributed by atoms with Gasteiger partial charge in [-0.15, -0.1) is 0 Å². The summed E-state index contributed by atoms with van der Waals surface area (Å²) in [5.74, 6) is -0.360. The molecule has 2 aliphatic heterocycles. The lowest BCUT2D eigenvalue weighted by atomic mass is 9.48. The number of likely N-dealkylation sites (N-methyl/N-ethyl adjacent to an activating group) is 1. The Morgan fingerprint density at radius 1 is 1.34 bits per heavy atom. The van der Waals surface area contributed by atoms with E-state index in [9.17, 15) is 20.1 Å². The number of hydrogen-bond donors (Lipinski definition) is 4. The van der Waals surface area contributed by atoms with E-state index in [0.717, 1.165) is 30.5 Å². The number of ether oxygens (including phenoxy) is 1. The highest BCUT2D eigenvalue weighted by Gasteiger charge is 2.72. The van der Waals surface area contributed by atoms with E-state index in [2.05, 4.69) is 17.3 Å². The second-order valence-corrected chi connectivity index (χ2v) is 9.70. The van der Waals surface area contributed by atoms with Crippen molar-refractivity contribution in [1.82, 2.24) is 10.2 Å². The number of carboxylic acid groups (broad SMARTS) is 1. The van der Waals surface area contributed by atoms with E-state index < -0.39 is 29.1 Å². The van der Waals surface area contributed by atoms with Gasteiger partial charge in [-0.2, -0.15) is 0 Å². The molecule has 6 atom stereocenters. The summed E-state index contributed by atoms with van der Waals surface area (Å²) in [5.41, 5.74) is 0.505.